The molecule has 1 aromatic heterocycles. The highest BCUT2D eigenvalue weighted by Gasteiger charge is 2.29. The highest BCUT2D eigenvalue weighted by atomic mass is 16.1. The van der Waals surface area contributed by atoms with E-state index in [9.17, 15) is 4.79 Å². The standard InChI is InChI=1S/C15H24N4O/c1-10(2)11-5-3-4-6-13(11)18-15(20)12-9-17-8-7-14(12)19-16/h7-11,13H,3-6,16H2,1-2H3,(H,17,19)(H,18,20). The van der Waals surface area contributed by atoms with Gasteiger partial charge in [0.2, 0.25) is 0 Å². The molecule has 2 unspecified atom stereocenters. The van der Waals surface area contributed by atoms with Gasteiger partial charge in [-0.2, -0.15) is 0 Å². The lowest BCUT2D eigenvalue weighted by atomic mass is 9.78. The summed E-state index contributed by atoms with van der Waals surface area (Å²) in [6.07, 6.45) is 7.86. The molecule has 1 amide bonds. The number of nitrogens with two attached hydrogens (primary N) is 1. The van der Waals surface area contributed by atoms with E-state index in [0.717, 1.165) is 6.42 Å². The summed E-state index contributed by atoms with van der Waals surface area (Å²) in [5, 5.41) is 3.17. The van der Waals surface area contributed by atoms with Crippen molar-refractivity contribution in [1.29, 1.82) is 0 Å². The van der Waals surface area contributed by atoms with E-state index in [2.05, 4.69) is 29.6 Å². The number of nitrogens with one attached hydrogen (secondary N) is 2. The van der Waals surface area contributed by atoms with Crippen molar-refractivity contribution in [3.63, 3.8) is 0 Å². The van der Waals surface area contributed by atoms with E-state index in [1.165, 1.54) is 19.3 Å². The Labute approximate surface area is 120 Å². The molecule has 0 aromatic carbocycles. The number of nitrogen functional groups attached to an aromatic ring is 1. The highest BCUT2D eigenvalue weighted by molar-refractivity contribution is 5.99. The number of nitrogens with zero attached hydrogens (tertiary/aromatic N) is 1. The topological polar surface area (TPSA) is 80.0 Å². The van der Waals surface area contributed by atoms with Crippen LogP contribution in [0.5, 0.6) is 0 Å². The third kappa shape index (κ3) is 3.28. The lowest BCUT2D eigenvalue weighted by Crippen LogP contribution is -2.44. The van der Waals surface area contributed by atoms with Gasteiger partial charge in [-0.15, -0.1) is 0 Å². The van der Waals surface area contributed by atoms with E-state index < -0.39 is 0 Å². The zero-order chi connectivity index (χ0) is 14.5. The summed E-state index contributed by atoms with van der Waals surface area (Å²) < 4.78 is 0. The van der Waals surface area contributed by atoms with Gasteiger partial charge >= 0.3 is 0 Å². The normalized spacial score (nSPS) is 22.6. The second kappa shape index (κ2) is 6.70. The minimum Gasteiger partial charge on any atom is -0.349 e. The lowest BCUT2D eigenvalue weighted by Gasteiger charge is -2.35. The Morgan fingerprint density at radius 3 is 2.85 bits per heavy atom. The molecule has 0 saturated heterocycles. The van der Waals surface area contributed by atoms with Gasteiger partial charge in [0, 0.05) is 18.4 Å². The van der Waals surface area contributed by atoms with E-state index >= 15 is 0 Å². The zero-order valence-electron chi connectivity index (χ0n) is 12.2. The van der Waals surface area contributed by atoms with Crippen molar-refractivity contribution >= 4 is 11.6 Å². The van der Waals surface area contributed by atoms with E-state index in [1.54, 1.807) is 18.5 Å². The fourth-order valence-corrected chi connectivity index (χ4v) is 3.08. The summed E-state index contributed by atoms with van der Waals surface area (Å²) in [6.45, 7) is 4.46. The molecule has 4 N–H and O–H groups in total. The summed E-state index contributed by atoms with van der Waals surface area (Å²) in [4.78, 5) is 16.4. The molecule has 1 saturated carbocycles. The Morgan fingerprint density at radius 1 is 1.40 bits per heavy atom. The largest absolute Gasteiger partial charge is 0.349 e. The number of pyridine rings is 1. The molecular formula is C15H24N4O. The fraction of sp³-hybridized carbons (Fsp3) is 0.600. The third-order valence-electron chi connectivity index (χ3n) is 4.21. The molecule has 0 aliphatic heterocycles. The molecular weight excluding hydrogens is 252 g/mol. The first-order valence-corrected chi connectivity index (χ1v) is 7.35. The van der Waals surface area contributed by atoms with Gasteiger partial charge in [0.1, 0.15) is 0 Å². The highest BCUT2D eigenvalue weighted by Crippen LogP contribution is 2.30. The molecule has 1 heterocycles. The van der Waals surface area contributed by atoms with Crippen LogP contribution in [0, 0.1) is 11.8 Å². The Morgan fingerprint density at radius 2 is 2.15 bits per heavy atom. The smallest absolute Gasteiger partial charge is 0.255 e. The number of hydrogen-bond acceptors (Lipinski definition) is 4. The first-order valence-electron chi connectivity index (χ1n) is 7.35. The molecule has 0 radical (unpaired) electrons. The van der Waals surface area contributed by atoms with E-state index in [-0.39, 0.29) is 11.9 Å². The minimum absolute atomic E-state index is 0.0939. The Bertz CT molecular complexity index is 461. The van der Waals surface area contributed by atoms with Crippen LogP contribution < -0.4 is 16.6 Å². The number of aromatic nitrogens is 1. The van der Waals surface area contributed by atoms with Crippen molar-refractivity contribution in [3.8, 4) is 0 Å². The quantitative estimate of drug-likeness (QED) is 0.582. The molecule has 2 atom stereocenters. The molecule has 1 aromatic rings. The first-order chi connectivity index (χ1) is 9.63. The number of hydrazine groups is 1. The van der Waals surface area contributed by atoms with Crippen LogP contribution >= 0.6 is 0 Å². The molecule has 1 aliphatic carbocycles. The number of carbonyl (C=O) groups is 1. The van der Waals surface area contributed by atoms with E-state index in [0.29, 0.717) is 23.1 Å². The molecule has 1 aliphatic rings. The molecule has 2 rings (SSSR count). The SMILES string of the molecule is CC(C)C1CCCCC1NC(=O)c1cnccc1NN. The molecule has 0 bridgehead atoms. The Balaban J connectivity index is 2.10. The zero-order valence-corrected chi connectivity index (χ0v) is 12.2. The molecule has 5 heteroatoms. The molecule has 1 fully saturated rings. The fourth-order valence-electron chi connectivity index (χ4n) is 3.08. The maximum atomic E-state index is 12.4. The van der Waals surface area contributed by atoms with Gasteiger partial charge in [-0.3, -0.25) is 15.6 Å². The summed E-state index contributed by atoms with van der Waals surface area (Å²) in [5.74, 6) is 6.48. The summed E-state index contributed by atoms with van der Waals surface area (Å²) in [7, 11) is 0. The summed E-state index contributed by atoms with van der Waals surface area (Å²) in [5.41, 5.74) is 3.66. The Hall–Kier alpha value is -1.62. The average molecular weight is 276 g/mol. The van der Waals surface area contributed by atoms with Gasteiger partial charge < -0.3 is 10.7 Å². The van der Waals surface area contributed by atoms with Crippen LogP contribution in [-0.4, -0.2) is 16.9 Å². The van der Waals surface area contributed by atoms with Crippen LogP contribution in [0.4, 0.5) is 5.69 Å². The monoisotopic (exact) mass is 276 g/mol. The van der Waals surface area contributed by atoms with Gasteiger partial charge in [-0.25, -0.2) is 0 Å². The molecule has 20 heavy (non-hydrogen) atoms. The van der Waals surface area contributed by atoms with Crippen molar-refractivity contribution in [3.05, 3.63) is 24.0 Å². The first kappa shape index (κ1) is 14.8. The van der Waals surface area contributed by atoms with E-state index in [4.69, 9.17) is 5.84 Å². The number of amides is 1. The van der Waals surface area contributed by atoms with Crippen molar-refractivity contribution in [1.82, 2.24) is 10.3 Å². The summed E-state index contributed by atoms with van der Waals surface area (Å²) in [6, 6.07) is 1.96. The maximum Gasteiger partial charge on any atom is 0.255 e. The second-order valence-corrected chi connectivity index (χ2v) is 5.84. The predicted molar refractivity (Wildman–Crippen MR) is 80.1 cm³/mol. The third-order valence-corrected chi connectivity index (χ3v) is 4.21. The molecule has 110 valence electrons. The van der Waals surface area contributed by atoms with Crippen LogP contribution in [0.2, 0.25) is 0 Å². The van der Waals surface area contributed by atoms with Gasteiger partial charge in [0.05, 0.1) is 11.3 Å². The average Bonchev–Trinajstić information content (AvgIpc) is 2.47. The number of anilines is 1. The van der Waals surface area contributed by atoms with Gasteiger partial charge in [-0.1, -0.05) is 26.7 Å². The van der Waals surface area contributed by atoms with Crippen LogP contribution in [0.1, 0.15) is 49.9 Å². The molecule has 0 spiro atoms. The minimum atomic E-state index is -0.0939. The van der Waals surface area contributed by atoms with Gasteiger partial charge in [-0.05, 0) is 30.7 Å². The lowest BCUT2D eigenvalue weighted by molar-refractivity contribution is 0.0889. The van der Waals surface area contributed by atoms with Crippen LogP contribution in [0.25, 0.3) is 0 Å². The Kier molecular flexibility index (Phi) is 4.95. The maximum absolute atomic E-state index is 12.4. The van der Waals surface area contributed by atoms with Crippen molar-refractivity contribution < 1.29 is 4.79 Å². The van der Waals surface area contributed by atoms with Crippen LogP contribution in [0.3, 0.4) is 0 Å². The molecule has 5 nitrogen and oxygen atoms in total. The number of rotatable bonds is 4. The van der Waals surface area contributed by atoms with Crippen LogP contribution in [-0.2, 0) is 0 Å². The van der Waals surface area contributed by atoms with Crippen molar-refractivity contribution in [2.75, 3.05) is 5.43 Å². The van der Waals surface area contributed by atoms with E-state index in [1.807, 2.05) is 0 Å². The second-order valence-electron chi connectivity index (χ2n) is 5.84. The van der Waals surface area contributed by atoms with Gasteiger partial charge in [0.25, 0.3) is 5.91 Å². The van der Waals surface area contributed by atoms with Crippen molar-refractivity contribution in [2.24, 2.45) is 17.7 Å². The number of hydrogen-bond donors (Lipinski definition) is 3. The summed E-state index contributed by atoms with van der Waals surface area (Å²) >= 11 is 0. The van der Waals surface area contributed by atoms with Crippen molar-refractivity contribution in [2.45, 2.75) is 45.6 Å². The predicted octanol–water partition coefficient (Wildman–Crippen LogP) is 2.31. The van der Waals surface area contributed by atoms with Crippen LogP contribution in [0.15, 0.2) is 18.5 Å². The number of carbonyl (C=O) groups excluding carboxylic acids is 1. The van der Waals surface area contributed by atoms with Gasteiger partial charge in [0.15, 0.2) is 0 Å².